The highest BCUT2D eigenvalue weighted by Crippen LogP contribution is 2.13. The van der Waals surface area contributed by atoms with Crippen molar-refractivity contribution in [1.82, 2.24) is 9.62 Å². The Bertz CT molecular complexity index is 797. The number of nitrogens with zero attached hydrogens (tertiary/aromatic N) is 1. The Balaban J connectivity index is 2.09. The lowest BCUT2D eigenvalue weighted by Crippen LogP contribution is -2.26. The molecule has 0 fully saturated rings. The van der Waals surface area contributed by atoms with Crippen LogP contribution in [0.15, 0.2) is 53.4 Å². The summed E-state index contributed by atoms with van der Waals surface area (Å²) in [6.07, 6.45) is 0.983. The van der Waals surface area contributed by atoms with Gasteiger partial charge in [0.1, 0.15) is 0 Å². The molecule has 0 spiro atoms. The summed E-state index contributed by atoms with van der Waals surface area (Å²) in [7, 11) is -0.407. The number of hydrogen-bond acceptors (Lipinski definition) is 3. The fourth-order valence-corrected chi connectivity index (χ4v) is 3.07. The van der Waals surface area contributed by atoms with E-state index in [1.807, 2.05) is 12.1 Å². The maximum atomic E-state index is 12.5. The van der Waals surface area contributed by atoms with Crippen molar-refractivity contribution < 1.29 is 13.2 Å². The van der Waals surface area contributed by atoms with Crippen LogP contribution >= 0.6 is 0 Å². The van der Waals surface area contributed by atoms with Gasteiger partial charge in [0.15, 0.2) is 0 Å². The first-order chi connectivity index (χ1) is 11.4. The average molecular weight is 346 g/mol. The van der Waals surface area contributed by atoms with Crippen LogP contribution in [0.4, 0.5) is 0 Å². The quantitative estimate of drug-likeness (QED) is 0.873. The number of rotatable bonds is 6. The number of aryl methyl sites for hydroxylation is 1. The van der Waals surface area contributed by atoms with Gasteiger partial charge in [0, 0.05) is 19.2 Å². The van der Waals surface area contributed by atoms with Crippen molar-refractivity contribution >= 4 is 15.9 Å². The maximum Gasteiger partial charge on any atom is 0.253 e. The van der Waals surface area contributed by atoms with Crippen molar-refractivity contribution in [3.05, 3.63) is 65.2 Å². The maximum absolute atomic E-state index is 12.5. The van der Waals surface area contributed by atoms with Gasteiger partial charge in [-0.3, -0.25) is 4.79 Å². The number of hydrogen-bond donors (Lipinski definition) is 1. The molecule has 0 unspecified atom stereocenters. The van der Waals surface area contributed by atoms with E-state index in [-0.39, 0.29) is 10.8 Å². The predicted octanol–water partition coefficient (Wildman–Crippen LogP) is 2.43. The molecule has 2 aromatic rings. The molecule has 5 nitrogen and oxygen atoms in total. The molecule has 0 saturated heterocycles. The van der Waals surface area contributed by atoms with E-state index in [2.05, 4.69) is 23.8 Å². The van der Waals surface area contributed by atoms with Gasteiger partial charge in [-0.05, 0) is 48.9 Å². The molecule has 6 heteroatoms. The molecule has 0 saturated carbocycles. The fraction of sp³-hybridized carbons (Fsp3) is 0.278. The van der Waals surface area contributed by atoms with Gasteiger partial charge < -0.3 is 4.90 Å². The van der Waals surface area contributed by atoms with Crippen LogP contribution < -0.4 is 4.72 Å². The number of carbonyl (C=O) groups excluding carboxylic acids is 1. The predicted molar refractivity (Wildman–Crippen MR) is 94.3 cm³/mol. The first kappa shape index (κ1) is 18.2. The molecular weight excluding hydrogens is 324 g/mol. The number of carbonyl (C=O) groups is 1. The van der Waals surface area contributed by atoms with Gasteiger partial charge in [-0.25, -0.2) is 13.1 Å². The first-order valence-corrected chi connectivity index (χ1v) is 9.22. The van der Waals surface area contributed by atoms with Crippen molar-refractivity contribution in [2.75, 3.05) is 14.1 Å². The molecule has 1 amide bonds. The van der Waals surface area contributed by atoms with E-state index in [4.69, 9.17) is 0 Å². The van der Waals surface area contributed by atoms with Gasteiger partial charge in [-0.15, -0.1) is 0 Å². The second-order valence-electron chi connectivity index (χ2n) is 5.56. The van der Waals surface area contributed by atoms with Gasteiger partial charge in [0.25, 0.3) is 5.91 Å². The number of benzene rings is 2. The Hall–Kier alpha value is -2.18. The van der Waals surface area contributed by atoms with Crippen molar-refractivity contribution in [2.24, 2.45) is 0 Å². The number of nitrogens with one attached hydrogen (secondary N) is 1. The van der Waals surface area contributed by atoms with Crippen molar-refractivity contribution in [3.63, 3.8) is 0 Å². The van der Waals surface area contributed by atoms with E-state index >= 15 is 0 Å². The number of sulfonamides is 1. The Kier molecular flexibility index (Phi) is 5.75. The second-order valence-corrected chi connectivity index (χ2v) is 7.45. The van der Waals surface area contributed by atoms with Gasteiger partial charge in [-0.1, -0.05) is 31.2 Å². The fourth-order valence-electron chi connectivity index (χ4n) is 2.34. The minimum Gasteiger partial charge on any atom is -0.337 e. The molecular formula is C18H22N2O3S. The molecule has 0 heterocycles. The van der Waals surface area contributed by atoms with Crippen molar-refractivity contribution in [2.45, 2.75) is 24.8 Å². The zero-order valence-corrected chi connectivity index (χ0v) is 14.9. The van der Waals surface area contributed by atoms with Crippen LogP contribution in [0, 0.1) is 0 Å². The largest absolute Gasteiger partial charge is 0.337 e. The van der Waals surface area contributed by atoms with Crippen LogP contribution in [0.25, 0.3) is 0 Å². The lowest BCUT2D eigenvalue weighted by molar-refractivity contribution is 0.0785. The molecule has 0 aliphatic rings. The van der Waals surface area contributed by atoms with E-state index in [1.54, 1.807) is 11.9 Å². The molecule has 0 aliphatic heterocycles. The Morgan fingerprint density at radius 2 is 1.54 bits per heavy atom. The summed E-state index contributed by atoms with van der Waals surface area (Å²) in [4.78, 5) is 14.2. The SMILES string of the molecule is CCc1ccc(CN(C)C(=O)c2ccc(S(=O)(=O)NC)cc2)cc1. The third-order valence-corrected chi connectivity index (χ3v) is 5.31. The van der Waals surface area contributed by atoms with Gasteiger partial charge in [-0.2, -0.15) is 0 Å². The Labute approximate surface area is 143 Å². The zero-order valence-electron chi connectivity index (χ0n) is 14.1. The highest BCUT2D eigenvalue weighted by molar-refractivity contribution is 7.89. The molecule has 24 heavy (non-hydrogen) atoms. The van der Waals surface area contributed by atoms with Gasteiger partial charge in [0.05, 0.1) is 4.90 Å². The van der Waals surface area contributed by atoms with Crippen LogP contribution in [-0.4, -0.2) is 33.3 Å². The highest BCUT2D eigenvalue weighted by Gasteiger charge is 2.15. The van der Waals surface area contributed by atoms with Crippen LogP contribution in [0.5, 0.6) is 0 Å². The minimum atomic E-state index is -3.49. The van der Waals surface area contributed by atoms with Crippen LogP contribution in [0.3, 0.4) is 0 Å². The molecule has 0 radical (unpaired) electrons. The molecule has 2 aromatic carbocycles. The summed E-state index contributed by atoms with van der Waals surface area (Å²) >= 11 is 0. The summed E-state index contributed by atoms with van der Waals surface area (Å²) in [5, 5.41) is 0. The summed E-state index contributed by atoms with van der Waals surface area (Å²) in [5.74, 6) is -0.150. The highest BCUT2D eigenvalue weighted by atomic mass is 32.2. The third-order valence-electron chi connectivity index (χ3n) is 3.88. The monoisotopic (exact) mass is 346 g/mol. The van der Waals surface area contributed by atoms with Gasteiger partial charge in [0.2, 0.25) is 10.0 Å². The van der Waals surface area contributed by atoms with E-state index in [0.29, 0.717) is 12.1 Å². The Morgan fingerprint density at radius 1 is 1.00 bits per heavy atom. The molecule has 128 valence electrons. The van der Waals surface area contributed by atoms with Crippen molar-refractivity contribution in [3.8, 4) is 0 Å². The van der Waals surface area contributed by atoms with E-state index < -0.39 is 10.0 Å². The lowest BCUT2D eigenvalue weighted by Gasteiger charge is -2.18. The summed E-state index contributed by atoms with van der Waals surface area (Å²) in [6.45, 7) is 2.60. The molecule has 0 aromatic heterocycles. The van der Waals surface area contributed by atoms with Crippen molar-refractivity contribution in [1.29, 1.82) is 0 Å². The summed E-state index contributed by atoms with van der Waals surface area (Å²) in [5.41, 5.74) is 2.77. The first-order valence-electron chi connectivity index (χ1n) is 7.74. The van der Waals surface area contributed by atoms with Gasteiger partial charge >= 0.3 is 0 Å². The standard InChI is InChI=1S/C18H22N2O3S/c1-4-14-5-7-15(8-6-14)13-20(3)18(21)16-9-11-17(12-10-16)24(22,23)19-2/h5-12,19H,4,13H2,1-3H3. The Morgan fingerprint density at radius 3 is 2.04 bits per heavy atom. The van der Waals surface area contributed by atoms with E-state index in [1.165, 1.54) is 36.9 Å². The summed E-state index contributed by atoms with van der Waals surface area (Å²) in [6, 6.07) is 14.1. The van der Waals surface area contributed by atoms with Crippen LogP contribution in [0.1, 0.15) is 28.4 Å². The lowest BCUT2D eigenvalue weighted by atomic mass is 10.1. The van der Waals surface area contributed by atoms with Crippen LogP contribution in [0.2, 0.25) is 0 Å². The topological polar surface area (TPSA) is 66.5 Å². The number of amides is 1. The third kappa shape index (κ3) is 4.21. The van der Waals surface area contributed by atoms with E-state index in [0.717, 1.165) is 12.0 Å². The molecule has 0 bridgehead atoms. The van der Waals surface area contributed by atoms with Crippen LogP contribution in [-0.2, 0) is 23.0 Å². The second kappa shape index (κ2) is 7.59. The zero-order chi connectivity index (χ0) is 17.7. The average Bonchev–Trinajstić information content (AvgIpc) is 2.61. The molecule has 1 N–H and O–H groups in total. The molecule has 0 atom stereocenters. The summed E-state index contributed by atoms with van der Waals surface area (Å²) < 4.78 is 25.7. The molecule has 0 aliphatic carbocycles. The normalized spacial score (nSPS) is 11.3. The minimum absolute atomic E-state index is 0.138. The smallest absolute Gasteiger partial charge is 0.253 e. The van der Waals surface area contributed by atoms with E-state index in [9.17, 15) is 13.2 Å². The molecule has 2 rings (SSSR count).